The second-order valence-electron chi connectivity index (χ2n) is 5.82. The normalized spacial score (nSPS) is 11.7. The molecule has 0 aliphatic heterocycles. The van der Waals surface area contributed by atoms with Crippen LogP contribution < -0.4 is 16.6 Å². The van der Waals surface area contributed by atoms with Crippen LogP contribution in [0.4, 0.5) is 18.9 Å². The Morgan fingerprint density at radius 2 is 1.85 bits per heavy atom. The van der Waals surface area contributed by atoms with E-state index in [9.17, 15) is 27.6 Å². The molecule has 1 amide bonds. The molecule has 0 saturated heterocycles. The van der Waals surface area contributed by atoms with E-state index in [4.69, 9.17) is 0 Å². The number of carbonyl (C=O) groups excluding carboxylic acids is 1. The molecule has 142 valence electrons. The molecular weight excluding hydrogens is 367 g/mol. The monoisotopic (exact) mass is 381 g/mol. The van der Waals surface area contributed by atoms with Crippen LogP contribution in [0.15, 0.2) is 33.9 Å². The topological polar surface area (TPSA) is 113 Å². The molecule has 0 bridgehead atoms. The van der Waals surface area contributed by atoms with E-state index in [1.54, 1.807) is 0 Å². The lowest BCUT2D eigenvalue weighted by atomic mass is 10.2. The Morgan fingerprint density at radius 3 is 2.48 bits per heavy atom. The highest BCUT2D eigenvalue weighted by atomic mass is 19.4. The van der Waals surface area contributed by atoms with Crippen molar-refractivity contribution in [1.82, 2.24) is 19.5 Å². The van der Waals surface area contributed by atoms with Gasteiger partial charge in [-0.15, -0.1) is 0 Å². The summed E-state index contributed by atoms with van der Waals surface area (Å²) in [5.41, 5.74) is -1.50. The summed E-state index contributed by atoms with van der Waals surface area (Å²) in [6.45, 7) is 0. The number of nitrogens with one attached hydrogen (secondary N) is 3. The number of rotatable bonds is 4. The van der Waals surface area contributed by atoms with Crippen LogP contribution in [0.1, 0.15) is 17.8 Å². The lowest BCUT2D eigenvalue weighted by Gasteiger charge is -2.08. The van der Waals surface area contributed by atoms with Gasteiger partial charge in [-0.1, -0.05) is 0 Å². The molecule has 0 aliphatic rings. The minimum absolute atomic E-state index is 0.0211. The van der Waals surface area contributed by atoms with E-state index in [2.05, 4.69) is 20.3 Å². The van der Waals surface area contributed by atoms with Gasteiger partial charge in [0.1, 0.15) is 11.3 Å². The number of carbonyl (C=O) groups is 1. The largest absolute Gasteiger partial charge is 0.416 e. The third-order valence-corrected chi connectivity index (χ3v) is 3.89. The average molecular weight is 381 g/mol. The molecular formula is C16H14F3N5O3. The van der Waals surface area contributed by atoms with Crippen molar-refractivity contribution in [1.29, 1.82) is 0 Å². The second-order valence-corrected chi connectivity index (χ2v) is 5.82. The van der Waals surface area contributed by atoms with Gasteiger partial charge in [-0.25, -0.2) is 9.78 Å². The summed E-state index contributed by atoms with van der Waals surface area (Å²) in [7, 11) is 1.45. The molecule has 0 unspecified atom stereocenters. The molecule has 0 radical (unpaired) electrons. The van der Waals surface area contributed by atoms with Gasteiger partial charge in [0.25, 0.3) is 5.56 Å². The van der Waals surface area contributed by atoms with Crippen LogP contribution in [0.5, 0.6) is 0 Å². The number of nitrogens with zero attached hydrogens (tertiary/aromatic N) is 2. The van der Waals surface area contributed by atoms with Gasteiger partial charge < -0.3 is 10.3 Å². The maximum absolute atomic E-state index is 12.5. The minimum Gasteiger partial charge on any atom is -0.336 e. The molecule has 3 rings (SSSR count). The zero-order valence-corrected chi connectivity index (χ0v) is 14.0. The molecule has 0 atom stereocenters. The SMILES string of the molecule is Cn1c(=O)[nH]c(=O)c2[nH]c(CCC(=O)Nc3ccc(C(F)(F)F)cc3)nc21. The highest BCUT2D eigenvalue weighted by Gasteiger charge is 2.29. The number of anilines is 1. The van der Waals surface area contributed by atoms with Crippen molar-refractivity contribution in [3.05, 3.63) is 56.5 Å². The van der Waals surface area contributed by atoms with E-state index >= 15 is 0 Å². The first-order valence-corrected chi connectivity index (χ1v) is 7.80. The predicted molar refractivity (Wildman–Crippen MR) is 90.4 cm³/mol. The van der Waals surface area contributed by atoms with Crippen molar-refractivity contribution >= 4 is 22.8 Å². The van der Waals surface area contributed by atoms with Crippen LogP contribution >= 0.6 is 0 Å². The summed E-state index contributed by atoms with van der Waals surface area (Å²) in [5, 5.41) is 2.49. The smallest absolute Gasteiger partial charge is 0.336 e. The Hall–Kier alpha value is -3.37. The number of imidazole rings is 1. The van der Waals surface area contributed by atoms with Gasteiger partial charge in [-0.3, -0.25) is 19.1 Å². The zero-order chi connectivity index (χ0) is 19.8. The number of fused-ring (bicyclic) bond motifs is 1. The predicted octanol–water partition coefficient (Wildman–Crippen LogP) is 1.54. The molecule has 0 fully saturated rings. The van der Waals surface area contributed by atoms with Crippen molar-refractivity contribution in [2.75, 3.05) is 5.32 Å². The summed E-state index contributed by atoms with van der Waals surface area (Å²) < 4.78 is 38.7. The summed E-state index contributed by atoms with van der Waals surface area (Å²) in [6, 6.07) is 4.08. The fourth-order valence-electron chi connectivity index (χ4n) is 2.47. The number of benzene rings is 1. The highest BCUT2D eigenvalue weighted by Crippen LogP contribution is 2.29. The van der Waals surface area contributed by atoms with Crippen LogP contribution in [0.2, 0.25) is 0 Å². The number of aryl methyl sites for hydroxylation is 2. The number of halogens is 3. The number of aromatic nitrogens is 4. The molecule has 27 heavy (non-hydrogen) atoms. The highest BCUT2D eigenvalue weighted by molar-refractivity contribution is 5.90. The molecule has 1 aromatic carbocycles. The van der Waals surface area contributed by atoms with E-state index in [0.29, 0.717) is 5.82 Å². The molecule has 0 saturated carbocycles. The third-order valence-electron chi connectivity index (χ3n) is 3.89. The number of hydrogen-bond acceptors (Lipinski definition) is 4. The standard InChI is InChI=1S/C16H14F3N5O3/c1-24-13-12(14(26)23-15(24)27)21-10(22-13)6-7-11(25)20-9-4-2-8(3-5-9)16(17,18)19/h2-5H,6-7H2,1H3,(H,20,25)(H,21,22)(H,23,26,27). The Kier molecular flexibility index (Phi) is 4.60. The summed E-state index contributed by atoms with van der Waals surface area (Å²) in [6.07, 6.45) is -4.32. The van der Waals surface area contributed by atoms with Gasteiger partial charge in [-0.05, 0) is 24.3 Å². The maximum atomic E-state index is 12.5. The molecule has 8 nitrogen and oxygen atoms in total. The molecule has 2 aromatic heterocycles. The number of amides is 1. The van der Waals surface area contributed by atoms with Gasteiger partial charge in [0.2, 0.25) is 5.91 Å². The van der Waals surface area contributed by atoms with Gasteiger partial charge in [0.05, 0.1) is 5.56 Å². The minimum atomic E-state index is -4.44. The lowest BCUT2D eigenvalue weighted by molar-refractivity contribution is -0.137. The van der Waals surface area contributed by atoms with Gasteiger partial charge in [-0.2, -0.15) is 13.2 Å². The van der Waals surface area contributed by atoms with Crippen LogP contribution in [0.3, 0.4) is 0 Å². The van der Waals surface area contributed by atoms with E-state index in [1.807, 2.05) is 0 Å². The van der Waals surface area contributed by atoms with Crippen molar-refractivity contribution in [2.45, 2.75) is 19.0 Å². The first-order chi connectivity index (χ1) is 12.6. The summed E-state index contributed by atoms with van der Waals surface area (Å²) in [4.78, 5) is 44.3. The first kappa shape index (κ1) is 18.4. The van der Waals surface area contributed by atoms with Crippen molar-refractivity contribution in [2.24, 2.45) is 7.05 Å². The Balaban J connectivity index is 1.67. The Bertz CT molecular complexity index is 1110. The fraction of sp³-hybridized carbons (Fsp3) is 0.250. The van der Waals surface area contributed by atoms with Gasteiger partial charge >= 0.3 is 11.9 Å². The van der Waals surface area contributed by atoms with Crippen molar-refractivity contribution in [3.63, 3.8) is 0 Å². The number of aromatic amines is 2. The average Bonchev–Trinajstić information content (AvgIpc) is 3.03. The van der Waals surface area contributed by atoms with Crippen LogP contribution in [-0.2, 0) is 24.4 Å². The molecule has 0 spiro atoms. The van der Waals surface area contributed by atoms with E-state index < -0.39 is 28.9 Å². The van der Waals surface area contributed by atoms with Crippen LogP contribution in [-0.4, -0.2) is 25.4 Å². The Labute approximate surface area is 149 Å². The first-order valence-electron chi connectivity index (χ1n) is 7.80. The van der Waals surface area contributed by atoms with Gasteiger partial charge in [0, 0.05) is 25.6 Å². The van der Waals surface area contributed by atoms with Crippen molar-refractivity contribution < 1.29 is 18.0 Å². The Morgan fingerprint density at radius 1 is 1.19 bits per heavy atom. The summed E-state index contributed by atoms with van der Waals surface area (Å²) >= 11 is 0. The molecule has 11 heteroatoms. The zero-order valence-electron chi connectivity index (χ0n) is 14.0. The third kappa shape index (κ3) is 3.91. The second kappa shape index (κ2) is 6.74. The lowest BCUT2D eigenvalue weighted by Crippen LogP contribution is -2.28. The molecule has 3 N–H and O–H groups in total. The summed E-state index contributed by atoms with van der Waals surface area (Å²) in [5.74, 6) is -0.0997. The number of H-pyrrole nitrogens is 2. The van der Waals surface area contributed by atoms with Gasteiger partial charge in [0.15, 0.2) is 5.65 Å². The van der Waals surface area contributed by atoms with E-state index in [-0.39, 0.29) is 29.7 Å². The van der Waals surface area contributed by atoms with Crippen LogP contribution in [0.25, 0.3) is 11.2 Å². The van der Waals surface area contributed by atoms with Crippen LogP contribution in [0, 0.1) is 0 Å². The maximum Gasteiger partial charge on any atom is 0.416 e. The molecule has 3 aromatic rings. The number of hydrogen-bond donors (Lipinski definition) is 3. The number of alkyl halides is 3. The fourth-order valence-corrected chi connectivity index (χ4v) is 2.47. The van der Waals surface area contributed by atoms with E-state index in [1.165, 1.54) is 11.6 Å². The molecule has 2 heterocycles. The quantitative estimate of drug-likeness (QED) is 0.636. The van der Waals surface area contributed by atoms with Crippen molar-refractivity contribution in [3.8, 4) is 0 Å². The van der Waals surface area contributed by atoms with E-state index in [0.717, 1.165) is 24.3 Å². The molecule has 0 aliphatic carbocycles.